The van der Waals surface area contributed by atoms with Crippen LogP contribution in [-0.4, -0.2) is 12.6 Å². The van der Waals surface area contributed by atoms with Gasteiger partial charge in [0.2, 0.25) is 0 Å². The third-order valence-corrected chi connectivity index (χ3v) is 3.64. The van der Waals surface area contributed by atoms with E-state index in [4.69, 9.17) is 10.5 Å². The van der Waals surface area contributed by atoms with Gasteiger partial charge >= 0.3 is 0 Å². The minimum absolute atomic E-state index is 0.246. The molecule has 0 aromatic heterocycles. The molecule has 1 aliphatic rings. The van der Waals surface area contributed by atoms with E-state index in [1.54, 1.807) is 0 Å². The summed E-state index contributed by atoms with van der Waals surface area (Å²) in [6.45, 7) is 3.00. The quantitative estimate of drug-likeness (QED) is 0.764. The van der Waals surface area contributed by atoms with Crippen molar-refractivity contribution in [2.75, 3.05) is 6.61 Å². The monoisotopic (exact) mass is 233 g/mol. The summed E-state index contributed by atoms with van der Waals surface area (Å²) in [6, 6.07) is 8.53. The van der Waals surface area contributed by atoms with Crippen LogP contribution in [0, 0.1) is 0 Å². The van der Waals surface area contributed by atoms with Gasteiger partial charge in [0.15, 0.2) is 0 Å². The molecular weight excluding hydrogens is 210 g/mol. The molecule has 1 heterocycles. The molecule has 0 saturated heterocycles. The predicted molar refractivity (Wildman–Crippen MR) is 71.4 cm³/mol. The number of fused-ring (bicyclic) bond motifs is 1. The fourth-order valence-corrected chi connectivity index (χ4v) is 2.55. The van der Waals surface area contributed by atoms with Gasteiger partial charge in [0.05, 0.1) is 6.61 Å². The van der Waals surface area contributed by atoms with Crippen molar-refractivity contribution in [2.45, 2.75) is 51.0 Å². The summed E-state index contributed by atoms with van der Waals surface area (Å²) in [5, 5.41) is 0. The van der Waals surface area contributed by atoms with E-state index in [-0.39, 0.29) is 6.04 Å². The van der Waals surface area contributed by atoms with Crippen LogP contribution in [0.5, 0.6) is 5.75 Å². The molecule has 2 unspecified atom stereocenters. The number of unbranched alkanes of at least 4 members (excludes halogenated alkanes) is 3. The minimum atomic E-state index is 0.246. The summed E-state index contributed by atoms with van der Waals surface area (Å²) in [6.07, 6.45) is 6.27. The molecule has 94 valence electrons. The van der Waals surface area contributed by atoms with Crippen molar-refractivity contribution >= 4 is 0 Å². The molecule has 0 spiro atoms. The van der Waals surface area contributed by atoms with E-state index >= 15 is 0 Å². The maximum Gasteiger partial charge on any atom is 0.122 e. The van der Waals surface area contributed by atoms with Crippen LogP contribution in [0.3, 0.4) is 0 Å². The van der Waals surface area contributed by atoms with Crippen LogP contribution in [0.2, 0.25) is 0 Å². The molecule has 1 aromatic carbocycles. The van der Waals surface area contributed by atoms with Crippen LogP contribution in [0.1, 0.15) is 50.5 Å². The number of hydrogen-bond acceptors (Lipinski definition) is 2. The Kier molecular flexibility index (Phi) is 4.43. The van der Waals surface area contributed by atoms with Crippen LogP contribution in [0.4, 0.5) is 0 Å². The molecule has 2 nitrogen and oxygen atoms in total. The van der Waals surface area contributed by atoms with Crippen molar-refractivity contribution in [1.29, 1.82) is 0 Å². The zero-order valence-electron chi connectivity index (χ0n) is 10.7. The Morgan fingerprint density at radius 2 is 2.12 bits per heavy atom. The number of rotatable bonds is 6. The van der Waals surface area contributed by atoms with Gasteiger partial charge in [0.1, 0.15) is 5.75 Å². The molecule has 2 heteroatoms. The van der Waals surface area contributed by atoms with Crippen LogP contribution in [0.15, 0.2) is 24.3 Å². The third kappa shape index (κ3) is 3.01. The van der Waals surface area contributed by atoms with Crippen LogP contribution in [-0.2, 0) is 0 Å². The number of nitrogens with two attached hydrogens (primary N) is 1. The molecule has 1 aliphatic heterocycles. The first-order chi connectivity index (χ1) is 8.33. The van der Waals surface area contributed by atoms with Crippen molar-refractivity contribution in [3.05, 3.63) is 29.8 Å². The topological polar surface area (TPSA) is 35.2 Å². The molecule has 0 bridgehead atoms. The Bertz CT molecular complexity index is 351. The number of ether oxygens (including phenoxy) is 1. The molecule has 0 fully saturated rings. The molecular formula is C15H23NO. The lowest BCUT2D eigenvalue weighted by Crippen LogP contribution is -2.29. The highest BCUT2D eigenvalue weighted by molar-refractivity contribution is 5.40. The molecule has 2 rings (SSSR count). The third-order valence-electron chi connectivity index (χ3n) is 3.64. The van der Waals surface area contributed by atoms with Crippen molar-refractivity contribution < 1.29 is 4.74 Å². The Balaban J connectivity index is 1.87. The highest BCUT2D eigenvalue weighted by Crippen LogP contribution is 2.36. The summed E-state index contributed by atoms with van der Waals surface area (Å²) >= 11 is 0. The van der Waals surface area contributed by atoms with Crippen LogP contribution in [0.25, 0.3) is 0 Å². The van der Waals surface area contributed by atoms with Gasteiger partial charge < -0.3 is 10.5 Å². The lowest BCUT2D eigenvalue weighted by atomic mass is 9.90. The van der Waals surface area contributed by atoms with Gasteiger partial charge in [-0.3, -0.25) is 0 Å². The standard InChI is InChI=1S/C15H23NO/c1-2-3-4-5-9-14(16)13-11-17-15-10-7-6-8-12(13)15/h6-8,10,13-14H,2-5,9,11,16H2,1H3. The Hall–Kier alpha value is -1.02. The van der Waals surface area contributed by atoms with E-state index in [1.165, 1.54) is 31.2 Å². The van der Waals surface area contributed by atoms with Gasteiger partial charge in [0.25, 0.3) is 0 Å². The maximum absolute atomic E-state index is 6.30. The normalized spacial score (nSPS) is 19.8. The van der Waals surface area contributed by atoms with Crippen LogP contribution >= 0.6 is 0 Å². The second-order valence-corrected chi connectivity index (χ2v) is 4.97. The van der Waals surface area contributed by atoms with E-state index in [9.17, 15) is 0 Å². The average Bonchev–Trinajstić information content (AvgIpc) is 2.78. The Morgan fingerprint density at radius 1 is 1.29 bits per heavy atom. The van der Waals surface area contributed by atoms with E-state index in [0.29, 0.717) is 5.92 Å². The van der Waals surface area contributed by atoms with E-state index < -0.39 is 0 Å². The first kappa shape index (κ1) is 12.4. The largest absolute Gasteiger partial charge is 0.493 e. The predicted octanol–water partition coefficient (Wildman–Crippen LogP) is 3.46. The minimum Gasteiger partial charge on any atom is -0.493 e. The summed E-state index contributed by atoms with van der Waals surface area (Å²) < 4.78 is 5.68. The number of benzene rings is 1. The molecule has 17 heavy (non-hydrogen) atoms. The fourth-order valence-electron chi connectivity index (χ4n) is 2.55. The smallest absolute Gasteiger partial charge is 0.122 e. The van der Waals surface area contributed by atoms with E-state index in [2.05, 4.69) is 19.1 Å². The van der Waals surface area contributed by atoms with Crippen molar-refractivity contribution in [3.63, 3.8) is 0 Å². The summed E-state index contributed by atoms with van der Waals surface area (Å²) in [5.74, 6) is 1.43. The lowest BCUT2D eigenvalue weighted by Gasteiger charge is -2.18. The fraction of sp³-hybridized carbons (Fsp3) is 0.600. The average molecular weight is 233 g/mol. The van der Waals surface area contributed by atoms with Crippen molar-refractivity contribution in [1.82, 2.24) is 0 Å². The first-order valence-corrected chi connectivity index (χ1v) is 6.80. The highest BCUT2D eigenvalue weighted by atomic mass is 16.5. The second-order valence-electron chi connectivity index (χ2n) is 4.97. The molecule has 1 aromatic rings. The maximum atomic E-state index is 6.30. The van der Waals surface area contributed by atoms with Gasteiger partial charge in [-0.05, 0) is 12.5 Å². The molecule has 0 saturated carbocycles. The molecule has 2 N–H and O–H groups in total. The van der Waals surface area contributed by atoms with E-state index in [0.717, 1.165) is 18.8 Å². The lowest BCUT2D eigenvalue weighted by molar-refractivity contribution is 0.308. The number of hydrogen-bond donors (Lipinski definition) is 1. The zero-order valence-corrected chi connectivity index (χ0v) is 10.7. The second kappa shape index (κ2) is 6.06. The van der Waals surface area contributed by atoms with Gasteiger partial charge in [-0.15, -0.1) is 0 Å². The van der Waals surface area contributed by atoms with Crippen LogP contribution < -0.4 is 10.5 Å². The Labute approximate surface area is 104 Å². The SMILES string of the molecule is CCCCCCC(N)C1COc2ccccc21. The van der Waals surface area contributed by atoms with E-state index in [1.807, 2.05) is 12.1 Å². The first-order valence-electron chi connectivity index (χ1n) is 6.80. The van der Waals surface area contributed by atoms with Crippen molar-refractivity contribution in [3.8, 4) is 5.75 Å². The zero-order chi connectivity index (χ0) is 12.1. The number of para-hydroxylation sites is 1. The summed E-state index contributed by atoms with van der Waals surface area (Å²) in [4.78, 5) is 0. The van der Waals surface area contributed by atoms with Gasteiger partial charge in [-0.2, -0.15) is 0 Å². The van der Waals surface area contributed by atoms with Gasteiger partial charge in [-0.25, -0.2) is 0 Å². The summed E-state index contributed by atoms with van der Waals surface area (Å²) in [5.41, 5.74) is 7.60. The molecule has 0 aliphatic carbocycles. The summed E-state index contributed by atoms with van der Waals surface area (Å²) in [7, 11) is 0. The highest BCUT2D eigenvalue weighted by Gasteiger charge is 2.28. The van der Waals surface area contributed by atoms with Crippen molar-refractivity contribution in [2.24, 2.45) is 5.73 Å². The van der Waals surface area contributed by atoms with Gasteiger partial charge in [0, 0.05) is 17.5 Å². The molecule has 2 atom stereocenters. The molecule has 0 radical (unpaired) electrons. The van der Waals surface area contributed by atoms with Gasteiger partial charge in [-0.1, -0.05) is 50.8 Å². The molecule has 0 amide bonds. The Morgan fingerprint density at radius 3 is 2.94 bits per heavy atom.